The number of likely N-dealkylation sites (tertiary alicyclic amines) is 1. The summed E-state index contributed by atoms with van der Waals surface area (Å²) >= 11 is 0. The molecule has 1 amide bonds. The molecule has 1 aliphatic carbocycles. The van der Waals surface area contributed by atoms with Gasteiger partial charge in [0, 0.05) is 25.2 Å². The Balaban J connectivity index is 1.86. The lowest BCUT2D eigenvalue weighted by atomic mass is 10.1. The smallest absolute Gasteiger partial charge is 0.227 e. The SMILES string of the molecule is NC1CC1C(=O)N1CCCC1CCCO. The second kappa shape index (κ2) is 4.49. The molecule has 86 valence electrons. The van der Waals surface area contributed by atoms with Crippen LogP contribution in [0, 0.1) is 5.92 Å². The molecule has 0 spiro atoms. The van der Waals surface area contributed by atoms with Crippen molar-refractivity contribution in [3.8, 4) is 0 Å². The van der Waals surface area contributed by atoms with Gasteiger partial charge in [-0.1, -0.05) is 0 Å². The van der Waals surface area contributed by atoms with Gasteiger partial charge in [-0.15, -0.1) is 0 Å². The summed E-state index contributed by atoms with van der Waals surface area (Å²) in [5, 5.41) is 8.79. The number of amides is 1. The average Bonchev–Trinajstić information content (AvgIpc) is 2.80. The van der Waals surface area contributed by atoms with E-state index in [1.165, 1.54) is 0 Å². The fraction of sp³-hybridized carbons (Fsp3) is 0.909. The molecule has 3 atom stereocenters. The quantitative estimate of drug-likeness (QED) is 0.694. The number of carbonyl (C=O) groups is 1. The van der Waals surface area contributed by atoms with Crippen molar-refractivity contribution in [1.82, 2.24) is 4.90 Å². The van der Waals surface area contributed by atoms with Gasteiger partial charge in [0.2, 0.25) is 5.91 Å². The molecule has 0 bridgehead atoms. The molecule has 1 saturated carbocycles. The maximum absolute atomic E-state index is 12.0. The number of hydrogen-bond acceptors (Lipinski definition) is 3. The third-order valence-corrected chi connectivity index (χ3v) is 3.51. The van der Waals surface area contributed by atoms with E-state index in [9.17, 15) is 4.79 Å². The molecule has 0 aromatic rings. The fourth-order valence-corrected chi connectivity index (χ4v) is 2.46. The summed E-state index contributed by atoms with van der Waals surface area (Å²) < 4.78 is 0. The normalized spacial score (nSPS) is 34.5. The Morgan fingerprint density at radius 1 is 1.53 bits per heavy atom. The van der Waals surface area contributed by atoms with E-state index in [2.05, 4.69) is 0 Å². The van der Waals surface area contributed by atoms with Crippen LogP contribution in [0.25, 0.3) is 0 Å². The monoisotopic (exact) mass is 212 g/mol. The Bertz CT molecular complexity index is 245. The van der Waals surface area contributed by atoms with E-state index in [4.69, 9.17) is 10.8 Å². The second-order valence-corrected chi connectivity index (χ2v) is 4.70. The lowest BCUT2D eigenvalue weighted by Gasteiger charge is -2.24. The van der Waals surface area contributed by atoms with Crippen molar-refractivity contribution in [1.29, 1.82) is 0 Å². The summed E-state index contributed by atoms with van der Waals surface area (Å²) in [5.74, 6) is 0.350. The number of nitrogens with two attached hydrogens (primary N) is 1. The van der Waals surface area contributed by atoms with Gasteiger partial charge in [0.05, 0.1) is 5.92 Å². The topological polar surface area (TPSA) is 66.6 Å². The van der Waals surface area contributed by atoms with Gasteiger partial charge in [0.15, 0.2) is 0 Å². The van der Waals surface area contributed by atoms with E-state index < -0.39 is 0 Å². The molecule has 4 nitrogen and oxygen atoms in total. The average molecular weight is 212 g/mol. The van der Waals surface area contributed by atoms with Crippen LogP contribution in [0.15, 0.2) is 0 Å². The van der Waals surface area contributed by atoms with E-state index >= 15 is 0 Å². The predicted octanol–water partition coefficient (Wildman–Crippen LogP) is 0.0971. The Morgan fingerprint density at radius 2 is 2.27 bits per heavy atom. The van der Waals surface area contributed by atoms with Gasteiger partial charge in [-0.2, -0.15) is 0 Å². The molecular weight excluding hydrogens is 192 g/mol. The molecule has 0 aromatic carbocycles. The third kappa shape index (κ3) is 2.32. The van der Waals surface area contributed by atoms with Crippen LogP contribution in [0.4, 0.5) is 0 Å². The molecule has 2 aliphatic rings. The van der Waals surface area contributed by atoms with Crippen molar-refractivity contribution in [2.45, 2.75) is 44.2 Å². The summed E-state index contributed by atoms with van der Waals surface area (Å²) in [6.07, 6.45) is 4.79. The zero-order valence-electron chi connectivity index (χ0n) is 9.06. The van der Waals surface area contributed by atoms with E-state index in [0.717, 1.165) is 38.6 Å². The van der Waals surface area contributed by atoms with E-state index in [1.807, 2.05) is 4.90 Å². The van der Waals surface area contributed by atoms with Crippen molar-refractivity contribution in [2.24, 2.45) is 11.7 Å². The lowest BCUT2D eigenvalue weighted by Crippen LogP contribution is -2.37. The van der Waals surface area contributed by atoms with Crippen molar-refractivity contribution in [3.63, 3.8) is 0 Å². The first-order chi connectivity index (χ1) is 7.24. The summed E-state index contributed by atoms with van der Waals surface area (Å²) in [6, 6.07) is 0.467. The van der Waals surface area contributed by atoms with Gasteiger partial charge in [0.1, 0.15) is 0 Å². The van der Waals surface area contributed by atoms with Gasteiger partial charge in [-0.25, -0.2) is 0 Å². The van der Waals surface area contributed by atoms with Crippen LogP contribution in [0.2, 0.25) is 0 Å². The Labute approximate surface area is 90.4 Å². The van der Waals surface area contributed by atoms with Crippen molar-refractivity contribution in [2.75, 3.05) is 13.2 Å². The minimum Gasteiger partial charge on any atom is -0.396 e. The Hall–Kier alpha value is -0.610. The highest BCUT2D eigenvalue weighted by atomic mass is 16.3. The molecule has 1 aliphatic heterocycles. The van der Waals surface area contributed by atoms with Crippen LogP contribution in [-0.2, 0) is 4.79 Å². The standard InChI is InChI=1S/C11H20N2O2/c12-10-7-9(10)11(15)13-5-1-3-8(13)4-2-6-14/h8-10,14H,1-7,12H2. The minimum absolute atomic E-state index is 0.0970. The molecule has 1 saturated heterocycles. The molecular formula is C11H20N2O2. The summed E-state index contributed by atoms with van der Waals surface area (Å²) in [5.41, 5.74) is 5.69. The van der Waals surface area contributed by atoms with E-state index in [0.29, 0.717) is 6.04 Å². The van der Waals surface area contributed by atoms with Gasteiger partial charge in [0.25, 0.3) is 0 Å². The Kier molecular flexibility index (Phi) is 3.26. The van der Waals surface area contributed by atoms with Crippen molar-refractivity contribution < 1.29 is 9.90 Å². The largest absolute Gasteiger partial charge is 0.396 e. The number of nitrogens with zero attached hydrogens (tertiary/aromatic N) is 1. The molecule has 1 heterocycles. The molecule has 15 heavy (non-hydrogen) atoms. The van der Waals surface area contributed by atoms with Gasteiger partial charge < -0.3 is 15.7 Å². The number of rotatable bonds is 4. The second-order valence-electron chi connectivity index (χ2n) is 4.70. The number of hydrogen-bond donors (Lipinski definition) is 2. The van der Waals surface area contributed by atoms with Gasteiger partial charge in [-0.05, 0) is 32.1 Å². The zero-order chi connectivity index (χ0) is 10.8. The Morgan fingerprint density at radius 3 is 2.87 bits per heavy atom. The number of aliphatic hydroxyl groups is 1. The van der Waals surface area contributed by atoms with Crippen LogP contribution in [0.3, 0.4) is 0 Å². The van der Waals surface area contributed by atoms with Crippen molar-refractivity contribution >= 4 is 5.91 Å². The maximum atomic E-state index is 12.0. The molecule has 4 heteroatoms. The molecule has 2 rings (SSSR count). The molecule has 3 unspecified atom stereocenters. The molecule has 0 aromatic heterocycles. The van der Waals surface area contributed by atoms with Crippen LogP contribution in [-0.4, -0.2) is 41.1 Å². The highest BCUT2D eigenvalue weighted by Crippen LogP contribution is 2.33. The van der Waals surface area contributed by atoms with E-state index in [1.54, 1.807) is 0 Å². The van der Waals surface area contributed by atoms with Crippen molar-refractivity contribution in [3.05, 3.63) is 0 Å². The van der Waals surface area contributed by atoms with Gasteiger partial charge >= 0.3 is 0 Å². The molecule has 2 fully saturated rings. The zero-order valence-corrected chi connectivity index (χ0v) is 9.06. The van der Waals surface area contributed by atoms with Crippen LogP contribution < -0.4 is 5.73 Å². The van der Waals surface area contributed by atoms with E-state index in [-0.39, 0.29) is 24.5 Å². The van der Waals surface area contributed by atoms with Crippen LogP contribution in [0.5, 0.6) is 0 Å². The summed E-state index contributed by atoms with van der Waals surface area (Å²) in [4.78, 5) is 14.0. The lowest BCUT2D eigenvalue weighted by molar-refractivity contribution is -0.133. The third-order valence-electron chi connectivity index (χ3n) is 3.51. The summed E-state index contributed by atoms with van der Waals surface area (Å²) in [7, 11) is 0. The summed E-state index contributed by atoms with van der Waals surface area (Å²) in [6.45, 7) is 1.11. The molecule has 0 radical (unpaired) electrons. The van der Waals surface area contributed by atoms with Gasteiger partial charge in [-0.3, -0.25) is 4.79 Å². The van der Waals surface area contributed by atoms with Crippen LogP contribution in [0.1, 0.15) is 32.1 Å². The minimum atomic E-state index is 0.0970. The fourth-order valence-electron chi connectivity index (χ4n) is 2.46. The first-order valence-corrected chi connectivity index (χ1v) is 5.91. The first-order valence-electron chi connectivity index (χ1n) is 5.91. The highest BCUT2D eigenvalue weighted by Gasteiger charge is 2.44. The first kappa shape index (κ1) is 10.9. The number of carbonyl (C=O) groups excluding carboxylic acids is 1. The highest BCUT2D eigenvalue weighted by molar-refractivity contribution is 5.82. The number of aliphatic hydroxyl groups excluding tert-OH is 1. The molecule has 3 N–H and O–H groups in total. The predicted molar refractivity (Wildman–Crippen MR) is 57.1 cm³/mol. The van der Waals surface area contributed by atoms with Crippen LogP contribution >= 0.6 is 0 Å². The maximum Gasteiger partial charge on any atom is 0.227 e.